The first-order chi connectivity index (χ1) is 45.2. The molecule has 0 amide bonds. The van der Waals surface area contributed by atoms with E-state index in [-0.39, 0.29) is 19.3 Å². The van der Waals surface area contributed by atoms with Gasteiger partial charge in [-0.2, -0.15) is 0 Å². The van der Waals surface area contributed by atoms with E-state index in [2.05, 4.69) is 93.7 Å². The van der Waals surface area contributed by atoms with Crippen LogP contribution in [-0.4, -0.2) is 95.9 Å². The van der Waals surface area contributed by atoms with E-state index in [4.69, 9.17) is 32.3 Å². The van der Waals surface area contributed by atoms with Crippen LogP contribution in [0.4, 0.5) is 0 Å². The Morgan fingerprint density at radius 2 is 0.570 bits per heavy atom. The number of carbonyl (C=O) groups is 3. The van der Waals surface area contributed by atoms with Crippen molar-refractivity contribution in [2.24, 2.45) is 0 Å². The van der Waals surface area contributed by atoms with E-state index < -0.39 is 91.5 Å². The SMILES string of the molecule is CC/C=C\C/C=C\C/C=C\C/C=C\C/C=C\CCCCCCCCCCCCCCCCCC(=O)OCC(O)COP(=O)(O)OCC(O)COP(=O)(O)OCC(COC(=O)CCCCCCC/C=C\CCCCCCCC)OC(=O)CCCCCCCCCCCCC. The van der Waals surface area contributed by atoms with Gasteiger partial charge in [0, 0.05) is 19.3 Å². The van der Waals surface area contributed by atoms with Crippen molar-refractivity contribution in [2.75, 3.05) is 39.6 Å². The summed E-state index contributed by atoms with van der Waals surface area (Å²) in [6.07, 6.45) is 74.1. The highest BCUT2D eigenvalue weighted by atomic mass is 31.2. The van der Waals surface area contributed by atoms with Gasteiger partial charge in [0.25, 0.3) is 0 Å². The minimum Gasteiger partial charge on any atom is -0.463 e. The number of phosphoric ester groups is 2. The number of aliphatic hydroxyl groups is 2. The third-order valence-corrected chi connectivity index (χ3v) is 17.8. The molecule has 0 aromatic carbocycles. The van der Waals surface area contributed by atoms with Crippen molar-refractivity contribution in [3.63, 3.8) is 0 Å². The van der Waals surface area contributed by atoms with Crippen molar-refractivity contribution in [1.29, 1.82) is 0 Å². The first-order valence-corrected chi connectivity index (χ1v) is 40.2. The molecule has 0 radical (unpaired) electrons. The van der Waals surface area contributed by atoms with Crippen LogP contribution < -0.4 is 0 Å². The minimum atomic E-state index is -4.91. The molecule has 18 heteroatoms. The van der Waals surface area contributed by atoms with Gasteiger partial charge in [-0.1, -0.05) is 293 Å². The minimum absolute atomic E-state index is 0.109. The van der Waals surface area contributed by atoms with Gasteiger partial charge in [-0.25, -0.2) is 9.13 Å². The van der Waals surface area contributed by atoms with Crippen molar-refractivity contribution in [3.05, 3.63) is 72.9 Å². The van der Waals surface area contributed by atoms with E-state index in [9.17, 15) is 43.5 Å². The third kappa shape index (κ3) is 70.1. The van der Waals surface area contributed by atoms with Crippen LogP contribution in [0.2, 0.25) is 0 Å². The summed E-state index contributed by atoms with van der Waals surface area (Å²) in [5, 5.41) is 20.6. The Labute approximate surface area is 566 Å². The van der Waals surface area contributed by atoms with Gasteiger partial charge >= 0.3 is 33.6 Å². The molecule has 0 bridgehead atoms. The number of esters is 3. The highest BCUT2D eigenvalue weighted by Gasteiger charge is 2.29. The highest BCUT2D eigenvalue weighted by Crippen LogP contribution is 2.45. The lowest BCUT2D eigenvalue weighted by Crippen LogP contribution is -2.30. The van der Waals surface area contributed by atoms with Crippen LogP contribution >= 0.6 is 15.6 Å². The van der Waals surface area contributed by atoms with E-state index in [1.807, 2.05) is 0 Å². The number of ether oxygens (including phenoxy) is 3. The molecule has 4 N–H and O–H groups in total. The van der Waals surface area contributed by atoms with Crippen molar-refractivity contribution in [3.8, 4) is 0 Å². The van der Waals surface area contributed by atoms with E-state index in [1.54, 1.807) is 0 Å². The number of rotatable bonds is 71. The van der Waals surface area contributed by atoms with E-state index in [0.29, 0.717) is 19.3 Å². The van der Waals surface area contributed by atoms with Gasteiger partial charge in [0.05, 0.1) is 26.4 Å². The summed E-state index contributed by atoms with van der Waals surface area (Å²) in [6.45, 7) is 2.57. The van der Waals surface area contributed by atoms with Gasteiger partial charge in [-0.05, 0) is 89.9 Å². The molecule has 16 nitrogen and oxygen atoms in total. The molecule has 0 saturated heterocycles. The average molecular weight is 1360 g/mol. The van der Waals surface area contributed by atoms with Crippen LogP contribution in [-0.2, 0) is 55.8 Å². The molecule has 0 saturated carbocycles. The lowest BCUT2D eigenvalue weighted by molar-refractivity contribution is -0.161. The summed E-state index contributed by atoms with van der Waals surface area (Å²) in [6, 6.07) is 0. The van der Waals surface area contributed by atoms with E-state index >= 15 is 0 Å². The normalized spacial score (nSPS) is 14.5. The monoisotopic (exact) mass is 1350 g/mol. The molecule has 0 aliphatic rings. The Balaban J connectivity index is 4.34. The van der Waals surface area contributed by atoms with Gasteiger partial charge in [0.1, 0.15) is 25.4 Å². The second kappa shape index (κ2) is 68.9. The Morgan fingerprint density at radius 1 is 0.312 bits per heavy atom. The zero-order valence-electron chi connectivity index (χ0n) is 58.9. The number of unbranched alkanes of at least 4 members (excludes halogenated alkanes) is 36. The van der Waals surface area contributed by atoms with Crippen LogP contribution in [0.15, 0.2) is 72.9 Å². The predicted octanol–water partition coefficient (Wildman–Crippen LogP) is 21.1. The summed E-state index contributed by atoms with van der Waals surface area (Å²) in [5.74, 6) is -1.57. The number of carbonyl (C=O) groups excluding carboxylic acids is 3. The summed E-state index contributed by atoms with van der Waals surface area (Å²) in [5.41, 5.74) is 0. The first kappa shape index (κ1) is 90.0. The molecule has 0 spiro atoms. The number of aliphatic hydroxyl groups excluding tert-OH is 2. The molecule has 0 heterocycles. The topological polar surface area (TPSA) is 231 Å². The maximum atomic E-state index is 12.9. The maximum Gasteiger partial charge on any atom is 0.472 e. The molecule has 0 fully saturated rings. The molecule has 5 atom stereocenters. The van der Waals surface area contributed by atoms with Crippen molar-refractivity contribution >= 4 is 33.6 Å². The molecule has 0 rings (SSSR count). The molecule has 0 aliphatic heterocycles. The zero-order chi connectivity index (χ0) is 68.1. The molecule has 0 aromatic rings. The second-order valence-corrected chi connectivity index (χ2v) is 28.0. The van der Waals surface area contributed by atoms with E-state index in [1.165, 1.54) is 154 Å². The zero-order valence-corrected chi connectivity index (χ0v) is 60.7. The fourth-order valence-electron chi connectivity index (χ4n) is 10.2. The van der Waals surface area contributed by atoms with Crippen molar-refractivity contribution in [2.45, 2.75) is 347 Å². The number of allylic oxidation sites excluding steroid dienone is 12. The van der Waals surface area contributed by atoms with Gasteiger partial charge in [-0.15, -0.1) is 0 Å². The number of hydrogen-bond acceptors (Lipinski definition) is 14. The Kier molecular flexibility index (Phi) is 66.7. The first-order valence-electron chi connectivity index (χ1n) is 37.2. The summed E-state index contributed by atoms with van der Waals surface area (Å²) in [4.78, 5) is 58.3. The van der Waals surface area contributed by atoms with Crippen molar-refractivity contribution in [1.82, 2.24) is 0 Å². The Morgan fingerprint density at radius 3 is 0.914 bits per heavy atom. The fourth-order valence-corrected chi connectivity index (χ4v) is 11.8. The Hall–Kier alpha value is -3.01. The van der Waals surface area contributed by atoms with Gasteiger partial charge in [-0.3, -0.25) is 32.5 Å². The van der Waals surface area contributed by atoms with Gasteiger partial charge in [0.15, 0.2) is 6.10 Å². The lowest BCUT2D eigenvalue weighted by Gasteiger charge is -2.21. The van der Waals surface area contributed by atoms with Crippen LogP contribution in [0.5, 0.6) is 0 Å². The van der Waals surface area contributed by atoms with E-state index in [0.717, 1.165) is 116 Å². The lowest BCUT2D eigenvalue weighted by atomic mass is 10.0. The summed E-state index contributed by atoms with van der Waals surface area (Å²) < 4.78 is 60.9. The average Bonchev–Trinajstić information content (AvgIpc) is 2.38. The van der Waals surface area contributed by atoms with Crippen LogP contribution in [0, 0.1) is 0 Å². The standard InChI is InChI=1S/C75H136O16P2/c1-4-7-10-13-16-19-22-24-26-27-28-29-30-31-32-33-34-35-36-37-38-39-40-41-43-45-47-49-52-55-58-61-73(78)85-64-70(76)65-87-92(81,82)88-66-71(77)67-89-93(83,84)90-69-72(91-75(80)63-60-57-54-51-46-21-18-15-12-9-6-3)68-86-74(79)62-59-56-53-50-48-44-42-25-23-20-17-14-11-8-5-2/h7,10,16,19,24-26,28-29,31-32,42,70-72,76-77H,4-6,8-9,11-15,17-18,20-23,27,30,33-41,43-69H2,1-3H3,(H,81,82)(H,83,84)/b10-7-,19-16-,26-24-,29-28-,32-31-,42-25-. The third-order valence-electron chi connectivity index (χ3n) is 15.9. The predicted molar refractivity (Wildman–Crippen MR) is 381 cm³/mol. The highest BCUT2D eigenvalue weighted by molar-refractivity contribution is 7.47. The largest absolute Gasteiger partial charge is 0.472 e. The molecule has 542 valence electrons. The summed E-state index contributed by atoms with van der Waals surface area (Å²) >= 11 is 0. The number of hydrogen-bond donors (Lipinski definition) is 4. The fraction of sp³-hybridized carbons (Fsp3) is 0.800. The molecule has 0 aliphatic carbocycles. The molecule has 93 heavy (non-hydrogen) atoms. The van der Waals surface area contributed by atoms with Gasteiger partial charge in [0.2, 0.25) is 0 Å². The summed E-state index contributed by atoms with van der Waals surface area (Å²) in [7, 11) is -9.76. The number of phosphoric acid groups is 2. The van der Waals surface area contributed by atoms with Crippen LogP contribution in [0.1, 0.15) is 329 Å². The van der Waals surface area contributed by atoms with Crippen LogP contribution in [0.3, 0.4) is 0 Å². The van der Waals surface area contributed by atoms with Crippen molar-refractivity contribution < 1.29 is 75.8 Å². The quantitative estimate of drug-likeness (QED) is 0.0146. The molecular weight excluding hydrogens is 1220 g/mol. The van der Waals surface area contributed by atoms with Crippen LogP contribution in [0.25, 0.3) is 0 Å². The van der Waals surface area contributed by atoms with Gasteiger partial charge < -0.3 is 34.2 Å². The molecule has 0 aromatic heterocycles. The maximum absolute atomic E-state index is 12.9. The molecule has 5 unspecified atom stereocenters. The smallest absolute Gasteiger partial charge is 0.463 e. The second-order valence-electron chi connectivity index (χ2n) is 25.1. The Bertz CT molecular complexity index is 1990. The molecular formula is C75H136O16P2.